The monoisotopic (exact) mass is 291 g/mol. The first-order chi connectivity index (χ1) is 10.0. The summed E-state index contributed by atoms with van der Waals surface area (Å²) in [6, 6.07) is 8.20. The van der Waals surface area contributed by atoms with Crippen molar-refractivity contribution in [3.05, 3.63) is 59.7 Å². The van der Waals surface area contributed by atoms with Crippen molar-refractivity contribution in [1.82, 2.24) is 5.43 Å². The van der Waals surface area contributed by atoms with Gasteiger partial charge in [0.1, 0.15) is 23.1 Å². The summed E-state index contributed by atoms with van der Waals surface area (Å²) in [5.41, 5.74) is 7.29. The van der Waals surface area contributed by atoms with E-state index in [2.05, 4.69) is 5.10 Å². The van der Waals surface area contributed by atoms with Gasteiger partial charge < -0.3 is 10.5 Å². The van der Waals surface area contributed by atoms with Crippen LogP contribution in [0.2, 0.25) is 0 Å². The predicted octanol–water partition coefficient (Wildman–Crippen LogP) is 2.76. The van der Waals surface area contributed by atoms with E-state index in [1.165, 1.54) is 42.6 Å². The van der Waals surface area contributed by atoms with Gasteiger partial charge in [-0.25, -0.2) is 19.0 Å². The fraction of sp³-hybridized carbons (Fsp3) is 0. The van der Waals surface area contributed by atoms with Crippen molar-refractivity contribution in [2.45, 2.75) is 0 Å². The van der Waals surface area contributed by atoms with E-state index in [1.54, 1.807) is 0 Å². The highest BCUT2D eigenvalue weighted by molar-refractivity contribution is 5.84. The van der Waals surface area contributed by atoms with Gasteiger partial charge in [0.15, 0.2) is 0 Å². The van der Waals surface area contributed by atoms with Gasteiger partial charge in [-0.1, -0.05) is 0 Å². The molecule has 5 nitrogen and oxygen atoms in total. The number of amides is 2. The summed E-state index contributed by atoms with van der Waals surface area (Å²) in [7, 11) is 0. The first-order valence-corrected chi connectivity index (χ1v) is 5.86. The molecule has 0 atom stereocenters. The summed E-state index contributed by atoms with van der Waals surface area (Å²) in [6.07, 6.45) is 1.25. The van der Waals surface area contributed by atoms with E-state index in [1.807, 2.05) is 5.43 Å². The summed E-state index contributed by atoms with van der Waals surface area (Å²) >= 11 is 0. The number of rotatable bonds is 4. The lowest BCUT2D eigenvalue weighted by Crippen LogP contribution is -2.24. The number of nitrogens with zero attached hydrogens (tertiary/aromatic N) is 1. The van der Waals surface area contributed by atoms with Crippen molar-refractivity contribution >= 4 is 12.2 Å². The number of urea groups is 1. The summed E-state index contributed by atoms with van der Waals surface area (Å²) in [4.78, 5) is 10.5. The molecule has 3 N–H and O–H groups in total. The smallest absolute Gasteiger partial charge is 0.332 e. The van der Waals surface area contributed by atoms with Crippen molar-refractivity contribution < 1.29 is 18.3 Å². The second kappa shape index (κ2) is 6.47. The van der Waals surface area contributed by atoms with E-state index < -0.39 is 17.7 Å². The highest BCUT2D eigenvalue weighted by atomic mass is 19.1. The molecule has 0 aliphatic carbocycles. The third-order valence-corrected chi connectivity index (χ3v) is 2.40. The third-order valence-electron chi connectivity index (χ3n) is 2.40. The van der Waals surface area contributed by atoms with Gasteiger partial charge >= 0.3 is 6.03 Å². The predicted molar refractivity (Wildman–Crippen MR) is 73.2 cm³/mol. The minimum atomic E-state index is -0.825. The Morgan fingerprint density at radius 1 is 1.14 bits per heavy atom. The molecule has 0 saturated carbocycles. The van der Waals surface area contributed by atoms with Crippen LogP contribution < -0.4 is 15.9 Å². The van der Waals surface area contributed by atoms with Crippen molar-refractivity contribution in [3.8, 4) is 11.5 Å². The number of halogens is 2. The van der Waals surface area contributed by atoms with Crippen LogP contribution in [0.5, 0.6) is 11.5 Å². The number of hydrogen-bond donors (Lipinski definition) is 2. The molecule has 7 heteroatoms. The zero-order valence-electron chi connectivity index (χ0n) is 10.7. The fourth-order valence-electron chi connectivity index (χ4n) is 1.50. The second-order valence-corrected chi connectivity index (χ2v) is 3.97. The molecule has 2 amide bonds. The number of nitrogens with two attached hydrogens (primary N) is 1. The topological polar surface area (TPSA) is 76.7 Å². The Labute approximate surface area is 119 Å². The van der Waals surface area contributed by atoms with Gasteiger partial charge in [-0.3, -0.25) is 0 Å². The minimum Gasteiger partial charge on any atom is -0.457 e. The number of hydrazone groups is 1. The molecule has 2 rings (SSSR count). The molecule has 0 radical (unpaired) electrons. The lowest BCUT2D eigenvalue weighted by molar-refractivity contribution is 0.249. The SMILES string of the molecule is NC(=O)NN=Cc1ccc(F)cc1Oc1ccc(F)cc1. The van der Waals surface area contributed by atoms with E-state index in [0.717, 1.165) is 6.07 Å². The van der Waals surface area contributed by atoms with Crippen molar-refractivity contribution in [3.63, 3.8) is 0 Å². The molecule has 2 aromatic carbocycles. The number of carbonyl (C=O) groups excluding carboxylic acids is 1. The molecule has 108 valence electrons. The molecule has 0 fully saturated rings. The average Bonchev–Trinajstić information content (AvgIpc) is 2.43. The Morgan fingerprint density at radius 2 is 1.81 bits per heavy atom. The van der Waals surface area contributed by atoms with Crippen LogP contribution >= 0.6 is 0 Å². The highest BCUT2D eigenvalue weighted by Gasteiger charge is 2.06. The van der Waals surface area contributed by atoms with E-state index in [-0.39, 0.29) is 5.75 Å². The van der Waals surface area contributed by atoms with Gasteiger partial charge in [-0.2, -0.15) is 5.10 Å². The first kappa shape index (κ1) is 14.4. The maximum atomic E-state index is 13.3. The summed E-state index contributed by atoms with van der Waals surface area (Å²) in [5, 5.41) is 3.58. The summed E-state index contributed by atoms with van der Waals surface area (Å²) < 4.78 is 31.6. The van der Waals surface area contributed by atoms with E-state index >= 15 is 0 Å². The molecule has 0 aliphatic rings. The van der Waals surface area contributed by atoms with Crippen LogP contribution in [0.4, 0.5) is 13.6 Å². The van der Waals surface area contributed by atoms with Crippen LogP contribution in [-0.4, -0.2) is 12.2 Å². The van der Waals surface area contributed by atoms with Crippen LogP contribution in [0.1, 0.15) is 5.56 Å². The number of nitrogens with one attached hydrogen (secondary N) is 1. The Bertz CT molecular complexity index is 672. The maximum absolute atomic E-state index is 13.3. The third kappa shape index (κ3) is 4.27. The van der Waals surface area contributed by atoms with Gasteiger partial charge in [0, 0.05) is 11.6 Å². The number of ether oxygens (including phenoxy) is 1. The average molecular weight is 291 g/mol. The van der Waals surface area contributed by atoms with Crippen molar-refractivity contribution in [2.75, 3.05) is 0 Å². The number of carbonyl (C=O) groups is 1. The molecule has 0 saturated heterocycles. The van der Waals surface area contributed by atoms with Crippen LogP contribution in [0.25, 0.3) is 0 Å². The van der Waals surface area contributed by atoms with Gasteiger partial charge in [-0.15, -0.1) is 0 Å². The Hall–Kier alpha value is -2.96. The normalized spacial score (nSPS) is 10.6. The Balaban J connectivity index is 2.24. The molecule has 0 spiro atoms. The molecule has 0 aliphatic heterocycles. The van der Waals surface area contributed by atoms with Gasteiger partial charge in [0.05, 0.1) is 6.21 Å². The molecule has 0 unspecified atom stereocenters. The molecule has 0 aromatic heterocycles. The van der Waals surface area contributed by atoms with Gasteiger partial charge in [0.25, 0.3) is 0 Å². The number of hydrogen-bond acceptors (Lipinski definition) is 3. The molecule has 0 bridgehead atoms. The number of primary amides is 1. The zero-order valence-corrected chi connectivity index (χ0v) is 10.7. The summed E-state index contributed by atoms with van der Waals surface area (Å²) in [6.45, 7) is 0. The van der Waals surface area contributed by atoms with Crippen LogP contribution in [0, 0.1) is 11.6 Å². The minimum absolute atomic E-state index is 0.164. The van der Waals surface area contributed by atoms with Crippen LogP contribution in [0.15, 0.2) is 47.6 Å². The fourth-order valence-corrected chi connectivity index (χ4v) is 1.50. The highest BCUT2D eigenvalue weighted by Crippen LogP contribution is 2.25. The van der Waals surface area contributed by atoms with Gasteiger partial charge in [-0.05, 0) is 36.4 Å². The van der Waals surface area contributed by atoms with Crippen molar-refractivity contribution in [2.24, 2.45) is 10.8 Å². The molecule has 0 heterocycles. The van der Waals surface area contributed by atoms with Crippen LogP contribution in [-0.2, 0) is 0 Å². The molecule has 2 aromatic rings. The Kier molecular flexibility index (Phi) is 4.45. The maximum Gasteiger partial charge on any atom is 0.332 e. The second-order valence-electron chi connectivity index (χ2n) is 3.97. The quantitative estimate of drug-likeness (QED) is 0.671. The van der Waals surface area contributed by atoms with E-state index in [0.29, 0.717) is 11.3 Å². The van der Waals surface area contributed by atoms with Crippen LogP contribution in [0.3, 0.4) is 0 Å². The largest absolute Gasteiger partial charge is 0.457 e. The molecular formula is C14H11F2N3O2. The van der Waals surface area contributed by atoms with E-state index in [9.17, 15) is 13.6 Å². The number of benzene rings is 2. The molecule has 21 heavy (non-hydrogen) atoms. The Morgan fingerprint density at radius 3 is 2.48 bits per heavy atom. The van der Waals surface area contributed by atoms with Gasteiger partial charge in [0.2, 0.25) is 0 Å². The standard InChI is InChI=1S/C14H11F2N3O2/c15-10-3-5-12(6-4-10)21-13-7-11(16)2-1-9(13)8-18-19-14(17)20/h1-8H,(H3,17,19,20). The zero-order chi connectivity index (χ0) is 15.2. The first-order valence-electron chi connectivity index (χ1n) is 5.86. The lowest BCUT2D eigenvalue weighted by atomic mass is 10.2. The molecular weight excluding hydrogens is 280 g/mol. The lowest BCUT2D eigenvalue weighted by Gasteiger charge is -2.08. The summed E-state index contributed by atoms with van der Waals surface area (Å²) in [5.74, 6) is -0.419. The van der Waals surface area contributed by atoms with E-state index in [4.69, 9.17) is 10.5 Å². The van der Waals surface area contributed by atoms with Crippen molar-refractivity contribution in [1.29, 1.82) is 0 Å².